The van der Waals surface area contributed by atoms with Crippen LogP contribution in [0.15, 0.2) is 48.5 Å². The molecule has 1 atom stereocenters. The van der Waals surface area contributed by atoms with Crippen LogP contribution >= 0.6 is 12.4 Å². The molecule has 7 heteroatoms. The van der Waals surface area contributed by atoms with E-state index in [0.717, 1.165) is 16.8 Å². The van der Waals surface area contributed by atoms with Crippen LogP contribution in [0.5, 0.6) is 0 Å². The number of aryl methyl sites for hydroxylation is 1. The number of halogens is 2. The zero-order valence-electron chi connectivity index (χ0n) is 15.4. The summed E-state index contributed by atoms with van der Waals surface area (Å²) in [5.74, 6) is -0.457. The molecule has 0 radical (unpaired) electrons. The molecule has 5 nitrogen and oxygen atoms in total. The molecule has 1 unspecified atom stereocenters. The van der Waals surface area contributed by atoms with Gasteiger partial charge < -0.3 is 15.1 Å². The first kappa shape index (κ1) is 20.3. The number of carbonyl (C=O) groups is 2. The van der Waals surface area contributed by atoms with Gasteiger partial charge in [0, 0.05) is 31.7 Å². The lowest BCUT2D eigenvalue weighted by atomic mass is 10.0. The van der Waals surface area contributed by atoms with Gasteiger partial charge in [0.25, 0.3) is 0 Å². The Labute approximate surface area is 169 Å². The zero-order chi connectivity index (χ0) is 18.8. The van der Waals surface area contributed by atoms with Gasteiger partial charge in [0.15, 0.2) is 0 Å². The highest BCUT2D eigenvalue weighted by Gasteiger charge is 2.32. The highest BCUT2D eigenvalue weighted by atomic mass is 35.5. The highest BCUT2D eigenvalue weighted by molar-refractivity contribution is 6.01. The fourth-order valence-electron chi connectivity index (χ4n) is 3.91. The summed E-state index contributed by atoms with van der Waals surface area (Å²) in [6.07, 6.45) is 1.12. The molecule has 2 aromatic carbocycles. The van der Waals surface area contributed by atoms with Crippen molar-refractivity contribution in [2.45, 2.75) is 18.9 Å². The van der Waals surface area contributed by atoms with Crippen LogP contribution in [0.3, 0.4) is 0 Å². The van der Waals surface area contributed by atoms with Gasteiger partial charge in [-0.1, -0.05) is 30.3 Å². The number of carbonyl (C=O) groups excluding carboxylic acids is 2. The number of piperazine rings is 1. The van der Waals surface area contributed by atoms with E-state index in [1.165, 1.54) is 12.1 Å². The smallest absolute Gasteiger partial charge is 0.243 e. The topological polar surface area (TPSA) is 52.7 Å². The van der Waals surface area contributed by atoms with Crippen molar-refractivity contribution in [2.75, 3.05) is 31.1 Å². The highest BCUT2D eigenvalue weighted by Crippen LogP contribution is 2.29. The molecule has 2 aliphatic rings. The number of hydrogen-bond donors (Lipinski definition) is 1. The maximum atomic E-state index is 13.7. The van der Waals surface area contributed by atoms with E-state index < -0.39 is 0 Å². The minimum atomic E-state index is -0.314. The van der Waals surface area contributed by atoms with Crippen molar-refractivity contribution in [2.24, 2.45) is 0 Å². The molecule has 1 fully saturated rings. The van der Waals surface area contributed by atoms with Crippen LogP contribution < -0.4 is 10.2 Å². The molecular weight excluding hydrogens is 381 g/mol. The van der Waals surface area contributed by atoms with E-state index in [-0.39, 0.29) is 42.6 Å². The maximum absolute atomic E-state index is 13.7. The minimum Gasteiger partial charge on any atom is -0.332 e. The molecule has 0 aromatic heterocycles. The van der Waals surface area contributed by atoms with Crippen LogP contribution in [-0.4, -0.2) is 42.9 Å². The molecule has 4 rings (SSSR count). The molecule has 148 valence electrons. The van der Waals surface area contributed by atoms with E-state index in [1.807, 2.05) is 30.3 Å². The number of para-hydroxylation sites is 1. The number of benzene rings is 2. The van der Waals surface area contributed by atoms with Crippen molar-refractivity contribution in [1.29, 1.82) is 0 Å². The number of nitrogens with zero attached hydrogens (tertiary/aromatic N) is 2. The van der Waals surface area contributed by atoms with E-state index in [2.05, 4.69) is 5.32 Å². The Hall–Kier alpha value is -2.44. The van der Waals surface area contributed by atoms with Crippen LogP contribution in [0, 0.1) is 5.82 Å². The molecular formula is C21H23ClFN3O2. The number of hydrogen-bond acceptors (Lipinski definition) is 3. The molecule has 0 spiro atoms. The first-order valence-corrected chi connectivity index (χ1v) is 9.27. The number of fused-ring (bicyclic) bond motifs is 1. The van der Waals surface area contributed by atoms with E-state index in [1.54, 1.807) is 15.9 Å². The van der Waals surface area contributed by atoms with Gasteiger partial charge in [-0.05, 0) is 35.7 Å². The fourth-order valence-corrected chi connectivity index (χ4v) is 3.91. The quantitative estimate of drug-likeness (QED) is 0.857. The van der Waals surface area contributed by atoms with Crippen molar-refractivity contribution in [3.63, 3.8) is 0 Å². The summed E-state index contributed by atoms with van der Waals surface area (Å²) in [4.78, 5) is 28.9. The van der Waals surface area contributed by atoms with Gasteiger partial charge in [-0.25, -0.2) is 4.39 Å². The maximum Gasteiger partial charge on any atom is 0.243 e. The lowest BCUT2D eigenvalue weighted by Gasteiger charge is -2.38. The molecule has 0 saturated carbocycles. The molecule has 1 saturated heterocycles. The fraction of sp³-hybridized carbons (Fsp3) is 0.333. The molecule has 2 aromatic rings. The van der Waals surface area contributed by atoms with Crippen molar-refractivity contribution < 1.29 is 14.0 Å². The average molecular weight is 404 g/mol. The average Bonchev–Trinajstić information content (AvgIpc) is 2.70. The summed E-state index contributed by atoms with van der Waals surface area (Å²) >= 11 is 0. The van der Waals surface area contributed by atoms with Crippen molar-refractivity contribution in [3.05, 3.63) is 65.5 Å². The Morgan fingerprint density at radius 2 is 1.96 bits per heavy atom. The van der Waals surface area contributed by atoms with Gasteiger partial charge in [-0.2, -0.15) is 0 Å². The Bertz CT molecular complexity index is 876. The predicted octanol–water partition coefficient (Wildman–Crippen LogP) is 2.70. The van der Waals surface area contributed by atoms with Gasteiger partial charge in [0.1, 0.15) is 12.4 Å². The third kappa shape index (κ3) is 4.03. The van der Waals surface area contributed by atoms with Crippen molar-refractivity contribution >= 4 is 29.9 Å². The second kappa shape index (κ2) is 8.71. The third-order valence-corrected chi connectivity index (χ3v) is 5.28. The van der Waals surface area contributed by atoms with Crippen LogP contribution in [-0.2, 0) is 16.0 Å². The van der Waals surface area contributed by atoms with E-state index >= 15 is 0 Å². The SMILES string of the molecule is Cl.O=C1CCc2ccccc2N1CC(=O)N1CCNCC1c1cccc(F)c1. The van der Waals surface area contributed by atoms with Gasteiger partial charge >= 0.3 is 0 Å². The lowest BCUT2D eigenvalue weighted by molar-refractivity contribution is -0.134. The Morgan fingerprint density at radius 1 is 1.14 bits per heavy atom. The number of anilines is 1. The van der Waals surface area contributed by atoms with Crippen LogP contribution in [0.4, 0.5) is 10.1 Å². The standard InChI is InChI=1S/C21H22FN3O2.ClH/c22-17-6-3-5-16(12-17)19-13-23-10-11-24(19)21(27)14-25-18-7-2-1-4-15(18)8-9-20(25)26;/h1-7,12,19,23H,8-11,13-14H2;1H. The summed E-state index contributed by atoms with van der Waals surface area (Å²) in [7, 11) is 0. The zero-order valence-corrected chi connectivity index (χ0v) is 16.3. The summed E-state index contributed by atoms with van der Waals surface area (Å²) < 4.78 is 13.7. The Morgan fingerprint density at radius 3 is 2.79 bits per heavy atom. The summed E-state index contributed by atoms with van der Waals surface area (Å²) in [5.41, 5.74) is 2.67. The molecule has 1 N–H and O–H groups in total. The summed E-state index contributed by atoms with van der Waals surface area (Å²) in [6.45, 7) is 1.80. The molecule has 0 bridgehead atoms. The summed E-state index contributed by atoms with van der Waals surface area (Å²) in [6, 6.07) is 13.8. The molecule has 2 aliphatic heterocycles. The second-order valence-electron chi connectivity index (χ2n) is 6.97. The molecule has 2 heterocycles. The van der Waals surface area contributed by atoms with Crippen molar-refractivity contribution in [1.82, 2.24) is 10.2 Å². The third-order valence-electron chi connectivity index (χ3n) is 5.28. The molecule has 2 amide bonds. The van der Waals surface area contributed by atoms with Gasteiger partial charge in [-0.3, -0.25) is 9.59 Å². The predicted molar refractivity (Wildman–Crippen MR) is 108 cm³/mol. The normalized spacial score (nSPS) is 19.0. The van der Waals surface area contributed by atoms with E-state index in [4.69, 9.17) is 0 Å². The van der Waals surface area contributed by atoms with Crippen molar-refractivity contribution in [3.8, 4) is 0 Å². The van der Waals surface area contributed by atoms with Gasteiger partial charge in [0.05, 0.1) is 6.04 Å². The Balaban J connectivity index is 0.00000225. The largest absolute Gasteiger partial charge is 0.332 e. The monoisotopic (exact) mass is 403 g/mol. The van der Waals surface area contributed by atoms with E-state index in [9.17, 15) is 14.0 Å². The van der Waals surface area contributed by atoms with Crippen LogP contribution in [0.25, 0.3) is 0 Å². The van der Waals surface area contributed by atoms with Crippen LogP contribution in [0.1, 0.15) is 23.6 Å². The number of nitrogens with one attached hydrogen (secondary N) is 1. The Kier molecular flexibility index (Phi) is 6.31. The minimum absolute atomic E-state index is 0. The van der Waals surface area contributed by atoms with Gasteiger partial charge in [0.2, 0.25) is 11.8 Å². The number of amides is 2. The molecule has 0 aliphatic carbocycles. The van der Waals surface area contributed by atoms with Crippen LogP contribution in [0.2, 0.25) is 0 Å². The van der Waals surface area contributed by atoms with E-state index in [0.29, 0.717) is 32.5 Å². The van der Waals surface area contributed by atoms with Gasteiger partial charge in [-0.15, -0.1) is 12.4 Å². The first-order chi connectivity index (χ1) is 13.1. The lowest BCUT2D eigenvalue weighted by Crippen LogP contribution is -2.52. The number of rotatable bonds is 3. The second-order valence-corrected chi connectivity index (χ2v) is 6.97. The molecule has 28 heavy (non-hydrogen) atoms. The first-order valence-electron chi connectivity index (χ1n) is 9.27. The summed E-state index contributed by atoms with van der Waals surface area (Å²) in [5, 5.41) is 3.27.